The lowest BCUT2D eigenvalue weighted by Gasteiger charge is -2.10. The van der Waals surface area contributed by atoms with Crippen LogP contribution in [0, 0.1) is 5.92 Å². The average molecular weight is 212 g/mol. The Morgan fingerprint density at radius 3 is 2.93 bits per heavy atom. The van der Waals surface area contributed by atoms with E-state index in [9.17, 15) is 4.79 Å². The zero-order valence-corrected chi connectivity index (χ0v) is 9.22. The summed E-state index contributed by atoms with van der Waals surface area (Å²) in [6, 6.07) is 3.69. The Bertz CT molecular complexity index is 267. The molecule has 0 aliphatic heterocycles. The van der Waals surface area contributed by atoms with Gasteiger partial charge in [0.15, 0.2) is 5.78 Å². The molecular weight excluding hydrogens is 196 g/mol. The van der Waals surface area contributed by atoms with E-state index in [0.29, 0.717) is 0 Å². The van der Waals surface area contributed by atoms with E-state index >= 15 is 0 Å². The van der Waals surface area contributed by atoms with Crippen molar-refractivity contribution in [3.8, 4) is 0 Å². The van der Waals surface area contributed by atoms with Crippen LogP contribution < -0.4 is 0 Å². The first-order valence-corrected chi connectivity index (χ1v) is 5.86. The van der Waals surface area contributed by atoms with Gasteiger partial charge < -0.3 is 5.11 Å². The molecule has 0 saturated carbocycles. The molecule has 1 aromatic heterocycles. The van der Waals surface area contributed by atoms with Gasteiger partial charge in [-0.3, -0.25) is 4.79 Å². The smallest absolute Gasteiger partial charge is 0.178 e. The van der Waals surface area contributed by atoms with E-state index in [-0.39, 0.29) is 18.3 Å². The number of aliphatic hydroxyl groups excluding tert-OH is 1. The average Bonchev–Trinajstić information content (AvgIpc) is 2.71. The van der Waals surface area contributed by atoms with Gasteiger partial charge in [0.1, 0.15) is 0 Å². The molecule has 0 radical (unpaired) electrons. The van der Waals surface area contributed by atoms with Crippen LogP contribution in [0.3, 0.4) is 0 Å². The highest BCUT2D eigenvalue weighted by atomic mass is 32.1. The quantitative estimate of drug-likeness (QED) is 0.736. The minimum absolute atomic E-state index is 0.0310. The Morgan fingerprint density at radius 2 is 2.43 bits per heavy atom. The zero-order valence-electron chi connectivity index (χ0n) is 8.40. The summed E-state index contributed by atoms with van der Waals surface area (Å²) in [6.45, 7) is 2.06. The number of ketones is 1. The molecule has 14 heavy (non-hydrogen) atoms. The summed E-state index contributed by atoms with van der Waals surface area (Å²) < 4.78 is 0. The summed E-state index contributed by atoms with van der Waals surface area (Å²) in [6.07, 6.45) is 2.86. The lowest BCUT2D eigenvalue weighted by molar-refractivity contribution is 0.0853. The number of rotatable bonds is 6. The monoisotopic (exact) mass is 212 g/mol. The standard InChI is InChI=1S/C11H16O2S/c1-2-3-5-9(8-12)11(13)10-6-4-7-14-10/h4,6-7,9,12H,2-3,5,8H2,1H3. The van der Waals surface area contributed by atoms with Crippen molar-refractivity contribution in [3.63, 3.8) is 0 Å². The minimum atomic E-state index is -0.200. The fourth-order valence-electron chi connectivity index (χ4n) is 1.38. The molecule has 2 nitrogen and oxygen atoms in total. The van der Waals surface area contributed by atoms with Gasteiger partial charge in [0.2, 0.25) is 0 Å². The molecule has 0 saturated heterocycles. The first kappa shape index (κ1) is 11.4. The first-order chi connectivity index (χ1) is 6.79. The highest BCUT2D eigenvalue weighted by Crippen LogP contribution is 2.18. The van der Waals surface area contributed by atoms with Crippen molar-refractivity contribution in [1.82, 2.24) is 0 Å². The van der Waals surface area contributed by atoms with Crippen molar-refractivity contribution >= 4 is 17.1 Å². The third-order valence-electron chi connectivity index (χ3n) is 2.26. The molecule has 0 aliphatic rings. The summed E-state index contributed by atoms with van der Waals surface area (Å²) in [5.74, 6) is -0.107. The van der Waals surface area contributed by atoms with E-state index < -0.39 is 0 Å². The number of carbonyl (C=O) groups is 1. The van der Waals surface area contributed by atoms with Crippen molar-refractivity contribution in [2.45, 2.75) is 26.2 Å². The van der Waals surface area contributed by atoms with E-state index in [0.717, 1.165) is 24.1 Å². The van der Waals surface area contributed by atoms with E-state index in [2.05, 4.69) is 6.92 Å². The molecule has 3 heteroatoms. The summed E-state index contributed by atoms with van der Waals surface area (Å²) in [5.41, 5.74) is 0. The van der Waals surface area contributed by atoms with Crippen LogP contribution in [-0.2, 0) is 0 Å². The van der Waals surface area contributed by atoms with Crippen LogP contribution in [0.15, 0.2) is 17.5 Å². The number of carbonyl (C=O) groups excluding carboxylic acids is 1. The number of thiophene rings is 1. The van der Waals surface area contributed by atoms with E-state index in [1.807, 2.05) is 17.5 Å². The van der Waals surface area contributed by atoms with Crippen LogP contribution in [0.5, 0.6) is 0 Å². The first-order valence-electron chi connectivity index (χ1n) is 4.98. The molecule has 1 rings (SSSR count). The predicted molar refractivity (Wildman–Crippen MR) is 58.8 cm³/mol. The SMILES string of the molecule is CCCCC(CO)C(=O)c1cccs1. The van der Waals surface area contributed by atoms with Gasteiger partial charge in [-0.25, -0.2) is 0 Å². The molecule has 1 N–H and O–H groups in total. The Kier molecular flexibility index (Phi) is 4.84. The maximum atomic E-state index is 11.8. The van der Waals surface area contributed by atoms with Crippen molar-refractivity contribution in [2.24, 2.45) is 5.92 Å². The van der Waals surface area contributed by atoms with Crippen LogP contribution in [-0.4, -0.2) is 17.5 Å². The largest absolute Gasteiger partial charge is 0.396 e. The van der Waals surface area contributed by atoms with Crippen LogP contribution in [0.1, 0.15) is 35.9 Å². The zero-order chi connectivity index (χ0) is 10.4. The van der Waals surface area contributed by atoms with Gasteiger partial charge in [0, 0.05) is 5.92 Å². The van der Waals surface area contributed by atoms with Gasteiger partial charge in [-0.05, 0) is 17.9 Å². The van der Waals surface area contributed by atoms with Gasteiger partial charge >= 0.3 is 0 Å². The second kappa shape index (κ2) is 5.94. The number of hydrogen-bond acceptors (Lipinski definition) is 3. The lowest BCUT2D eigenvalue weighted by atomic mass is 9.97. The van der Waals surface area contributed by atoms with E-state index in [4.69, 9.17) is 5.11 Å². The predicted octanol–water partition coefficient (Wildman–Crippen LogP) is 2.73. The summed E-state index contributed by atoms with van der Waals surface area (Å²) in [7, 11) is 0. The molecule has 0 fully saturated rings. The molecule has 0 aliphatic carbocycles. The molecular formula is C11H16O2S. The highest BCUT2D eigenvalue weighted by Gasteiger charge is 2.18. The topological polar surface area (TPSA) is 37.3 Å². The van der Waals surface area contributed by atoms with Crippen LogP contribution in [0.4, 0.5) is 0 Å². The number of unbranched alkanes of at least 4 members (excludes halogenated alkanes) is 1. The molecule has 1 heterocycles. The van der Waals surface area contributed by atoms with Gasteiger partial charge in [0.25, 0.3) is 0 Å². The second-order valence-corrected chi connectivity index (χ2v) is 4.31. The molecule has 1 aromatic rings. The Morgan fingerprint density at radius 1 is 1.64 bits per heavy atom. The molecule has 0 bridgehead atoms. The molecule has 78 valence electrons. The Balaban J connectivity index is 2.56. The summed E-state index contributed by atoms with van der Waals surface area (Å²) in [5, 5.41) is 11.0. The van der Waals surface area contributed by atoms with Gasteiger partial charge in [-0.15, -0.1) is 11.3 Å². The van der Waals surface area contributed by atoms with Crippen LogP contribution in [0.2, 0.25) is 0 Å². The van der Waals surface area contributed by atoms with E-state index in [1.54, 1.807) is 0 Å². The number of aliphatic hydroxyl groups is 1. The van der Waals surface area contributed by atoms with Crippen molar-refractivity contribution < 1.29 is 9.90 Å². The normalized spacial score (nSPS) is 12.7. The Hall–Kier alpha value is -0.670. The van der Waals surface area contributed by atoms with E-state index in [1.165, 1.54) is 11.3 Å². The fraction of sp³-hybridized carbons (Fsp3) is 0.545. The van der Waals surface area contributed by atoms with Gasteiger partial charge in [-0.1, -0.05) is 25.8 Å². The van der Waals surface area contributed by atoms with Crippen LogP contribution >= 0.6 is 11.3 Å². The molecule has 0 aromatic carbocycles. The third kappa shape index (κ3) is 2.93. The van der Waals surface area contributed by atoms with Crippen molar-refractivity contribution in [1.29, 1.82) is 0 Å². The number of hydrogen-bond donors (Lipinski definition) is 1. The highest BCUT2D eigenvalue weighted by molar-refractivity contribution is 7.12. The van der Waals surface area contributed by atoms with Crippen LogP contribution in [0.25, 0.3) is 0 Å². The maximum Gasteiger partial charge on any atom is 0.178 e. The lowest BCUT2D eigenvalue weighted by Crippen LogP contribution is -2.17. The minimum Gasteiger partial charge on any atom is -0.396 e. The molecule has 0 spiro atoms. The summed E-state index contributed by atoms with van der Waals surface area (Å²) in [4.78, 5) is 12.6. The molecule has 1 unspecified atom stereocenters. The summed E-state index contributed by atoms with van der Waals surface area (Å²) >= 11 is 1.45. The van der Waals surface area contributed by atoms with Gasteiger partial charge in [-0.2, -0.15) is 0 Å². The molecule has 0 amide bonds. The van der Waals surface area contributed by atoms with Gasteiger partial charge in [0.05, 0.1) is 11.5 Å². The third-order valence-corrected chi connectivity index (χ3v) is 3.15. The maximum absolute atomic E-state index is 11.8. The fourth-order valence-corrected chi connectivity index (χ4v) is 2.12. The van der Waals surface area contributed by atoms with Crippen molar-refractivity contribution in [3.05, 3.63) is 22.4 Å². The second-order valence-electron chi connectivity index (χ2n) is 3.36. The number of Topliss-reactive ketones (excluding diaryl/α,β-unsaturated/α-hetero) is 1. The van der Waals surface area contributed by atoms with Crippen molar-refractivity contribution in [2.75, 3.05) is 6.61 Å². The molecule has 1 atom stereocenters. The Labute approximate surface area is 88.6 Å².